The Morgan fingerprint density at radius 1 is 1.30 bits per heavy atom. The van der Waals surface area contributed by atoms with Gasteiger partial charge in [-0.25, -0.2) is 17.9 Å². The maximum Gasteiger partial charge on any atom is 0.421 e. The summed E-state index contributed by atoms with van der Waals surface area (Å²) in [7, 11) is -3.89. The molecule has 0 saturated heterocycles. The van der Waals surface area contributed by atoms with Crippen molar-refractivity contribution in [2.45, 2.75) is 25.7 Å². The van der Waals surface area contributed by atoms with Crippen molar-refractivity contribution in [1.82, 2.24) is 4.72 Å². The molecule has 1 aromatic carbocycles. The van der Waals surface area contributed by atoms with E-state index in [-0.39, 0.29) is 11.5 Å². The molecule has 0 aliphatic heterocycles. The van der Waals surface area contributed by atoms with Gasteiger partial charge in [0.25, 0.3) is 10.0 Å². The lowest BCUT2D eigenvalue weighted by molar-refractivity contribution is 0.165. The van der Waals surface area contributed by atoms with Gasteiger partial charge in [-0.15, -0.1) is 5.73 Å². The van der Waals surface area contributed by atoms with E-state index in [1.54, 1.807) is 12.1 Å². The predicted octanol–water partition coefficient (Wildman–Crippen LogP) is 2.53. The Hall–Kier alpha value is -2.04. The summed E-state index contributed by atoms with van der Waals surface area (Å²) in [5, 5.41) is 0. The van der Waals surface area contributed by atoms with Crippen LogP contribution in [-0.2, 0) is 14.8 Å². The van der Waals surface area contributed by atoms with Gasteiger partial charge in [-0.2, -0.15) is 0 Å². The monoisotopic (exact) mass is 295 g/mol. The molecule has 0 aliphatic rings. The molecule has 6 heteroatoms. The van der Waals surface area contributed by atoms with Crippen LogP contribution in [0.3, 0.4) is 0 Å². The summed E-state index contributed by atoms with van der Waals surface area (Å²) < 4.78 is 30.3. The molecular weight excluding hydrogens is 278 g/mol. The van der Waals surface area contributed by atoms with Crippen molar-refractivity contribution in [3.05, 3.63) is 47.2 Å². The summed E-state index contributed by atoms with van der Waals surface area (Å²) >= 11 is 0. The van der Waals surface area contributed by atoms with Gasteiger partial charge in [-0.1, -0.05) is 17.7 Å². The zero-order valence-corrected chi connectivity index (χ0v) is 12.5. The standard InChI is InChI=1S/C14H17NO4S/c1-11(2)5-4-10-19-14(16)15-20(17,18)13-8-6-12(3)7-9-13/h4,6-9H,10H2,1-3H3,(H,15,16). The second kappa shape index (κ2) is 6.93. The highest BCUT2D eigenvalue weighted by Crippen LogP contribution is 2.09. The Kier molecular flexibility index (Phi) is 5.55. The van der Waals surface area contributed by atoms with Crippen molar-refractivity contribution < 1.29 is 17.9 Å². The molecule has 20 heavy (non-hydrogen) atoms. The SMILES string of the molecule is CC(C)=C=CCOC(=O)NS(=O)(=O)c1ccc(C)cc1. The minimum Gasteiger partial charge on any atom is -0.444 e. The molecule has 0 radical (unpaired) electrons. The molecule has 0 saturated carbocycles. The predicted molar refractivity (Wildman–Crippen MR) is 75.8 cm³/mol. The molecule has 0 heterocycles. The van der Waals surface area contributed by atoms with Crippen LogP contribution < -0.4 is 4.72 Å². The Morgan fingerprint density at radius 2 is 1.90 bits per heavy atom. The number of amides is 1. The second-order valence-corrected chi connectivity index (χ2v) is 6.05. The molecule has 0 bridgehead atoms. The fourth-order valence-corrected chi connectivity index (χ4v) is 2.17. The van der Waals surface area contributed by atoms with Gasteiger partial charge in [0, 0.05) is 0 Å². The number of benzene rings is 1. The summed E-state index contributed by atoms with van der Waals surface area (Å²) in [6.45, 7) is 5.49. The van der Waals surface area contributed by atoms with Crippen LogP contribution >= 0.6 is 0 Å². The van der Waals surface area contributed by atoms with Gasteiger partial charge in [0.05, 0.1) is 4.90 Å². The molecule has 1 aromatic rings. The minimum atomic E-state index is -3.89. The van der Waals surface area contributed by atoms with Crippen LogP contribution in [-0.4, -0.2) is 21.1 Å². The largest absolute Gasteiger partial charge is 0.444 e. The summed E-state index contributed by atoms with van der Waals surface area (Å²) in [6.07, 6.45) is 0.491. The number of sulfonamides is 1. The lowest BCUT2D eigenvalue weighted by Crippen LogP contribution is -2.31. The van der Waals surface area contributed by atoms with E-state index < -0.39 is 16.1 Å². The molecule has 0 spiro atoms. The maximum absolute atomic E-state index is 11.9. The molecule has 1 N–H and O–H groups in total. The van der Waals surface area contributed by atoms with Gasteiger partial charge >= 0.3 is 6.09 Å². The summed E-state index contributed by atoms with van der Waals surface area (Å²) in [6, 6.07) is 6.15. The number of aryl methyl sites for hydroxylation is 1. The van der Waals surface area contributed by atoms with Gasteiger partial charge in [0.2, 0.25) is 0 Å². The molecule has 0 unspecified atom stereocenters. The number of hydrogen-bond acceptors (Lipinski definition) is 4. The van der Waals surface area contributed by atoms with Crippen molar-refractivity contribution in [3.8, 4) is 0 Å². The average Bonchev–Trinajstić information content (AvgIpc) is 2.34. The van der Waals surface area contributed by atoms with Crippen molar-refractivity contribution in [2.75, 3.05) is 6.61 Å². The fourth-order valence-electron chi connectivity index (χ4n) is 1.28. The van der Waals surface area contributed by atoms with Crippen molar-refractivity contribution in [2.24, 2.45) is 0 Å². The van der Waals surface area contributed by atoms with Crippen LogP contribution in [0.5, 0.6) is 0 Å². The highest BCUT2D eigenvalue weighted by molar-refractivity contribution is 7.90. The Morgan fingerprint density at radius 3 is 2.45 bits per heavy atom. The Bertz CT molecular complexity index is 634. The number of hydrogen-bond donors (Lipinski definition) is 1. The third-order valence-corrected chi connectivity index (χ3v) is 3.57. The van der Waals surface area contributed by atoms with Gasteiger partial charge in [-0.05, 0) is 44.6 Å². The fraction of sp³-hybridized carbons (Fsp3) is 0.286. The molecule has 0 fully saturated rings. The second-order valence-electron chi connectivity index (χ2n) is 4.37. The molecule has 0 aliphatic carbocycles. The van der Waals surface area contributed by atoms with E-state index >= 15 is 0 Å². The smallest absolute Gasteiger partial charge is 0.421 e. The van der Waals surface area contributed by atoms with Crippen LogP contribution in [0.4, 0.5) is 4.79 Å². The topological polar surface area (TPSA) is 72.5 Å². The quantitative estimate of drug-likeness (QED) is 0.866. The molecule has 5 nitrogen and oxygen atoms in total. The first-order valence-corrected chi connectivity index (χ1v) is 7.44. The zero-order valence-electron chi connectivity index (χ0n) is 11.6. The Labute approximate surface area is 119 Å². The lowest BCUT2D eigenvalue weighted by atomic mass is 10.2. The molecule has 0 aromatic heterocycles. The third kappa shape index (κ3) is 5.30. The number of carbonyl (C=O) groups excluding carboxylic acids is 1. The molecule has 0 atom stereocenters. The van der Waals surface area contributed by atoms with E-state index in [0.29, 0.717) is 0 Å². The number of carbonyl (C=O) groups is 1. The van der Waals surface area contributed by atoms with Crippen molar-refractivity contribution in [3.63, 3.8) is 0 Å². The first kappa shape index (κ1) is 16.0. The first-order valence-electron chi connectivity index (χ1n) is 5.96. The van der Waals surface area contributed by atoms with Crippen LogP contribution in [0.1, 0.15) is 19.4 Å². The number of nitrogens with one attached hydrogen (secondary N) is 1. The third-order valence-electron chi connectivity index (χ3n) is 2.24. The average molecular weight is 295 g/mol. The highest BCUT2D eigenvalue weighted by atomic mass is 32.2. The van der Waals surface area contributed by atoms with E-state index in [9.17, 15) is 13.2 Å². The maximum atomic E-state index is 11.9. The Balaban J connectivity index is 2.65. The van der Waals surface area contributed by atoms with Crippen LogP contribution in [0, 0.1) is 6.92 Å². The summed E-state index contributed by atoms with van der Waals surface area (Å²) in [4.78, 5) is 11.4. The number of rotatable bonds is 4. The highest BCUT2D eigenvalue weighted by Gasteiger charge is 2.17. The van der Waals surface area contributed by atoms with E-state index in [1.807, 2.05) is 25.5 Å². The van der Waals surface area contributed by atoms with E-state index in [0.717, 1.165) is 11.1 Å². The van der Waals surface area contributed by atoms with Crippen molar-refractivity contribution >= 4 is 16.1 Å². The molecule has 1 rings (SSSR count). The molecule has 108 valence electrons. The van der Waals surface area contributed by atoms with Gasteiger partial charge in [0.15, 0.2) is 0 Å². The van der Waals surface area contributed by atoms with Crippen LogP contribution in [0.15, 0.2) is 46.5 Å². The summed E-state index contributed by atoms with van der Waals surface area (Å²) in [5.41, 5.74) is 4.70. The summed E-state index contributed by atoms with van der Waals surface area (Å²) in [5.74, 6) is 0. The lowest BCUT2D eigenvalue weighted by Gasteiger charge is -2.06. The molecular formula is C14H17NO4S. The molecule has 1 amide bonds. The minimum absolute atomic E-state index is 0.0138. The first-order chi connectivity index (χ1) is 9.31. The van der Waals surface area contributed by atoms with Crippen molar-refractivity contribution in [1.29, 1.82) is 0 Å². The van der Waals surface area contributed by atoms with Crippen LogP contribution in [0.25, 0.3) is 0 Å². The van der Waals surface area contributed by atoms with E-state index in [2.05, 4.69) is 5.73 Å². The van der Waals surface area contributed by atoms with Gasteiger partial charge < -0.3 is 4.74 Å². The van der Waals surface area contributed by atoms with E-state index in [1.165, 1.54) is 18.2 Å². The van der Waals surface area contributed by atoms with Gasteiger partial charge in [0.1, 0.15) is 6.61 Å². The van der Waals surface area contributed by atoms with Gasteiger partial charge in [-0.3, -0.25) is 0 Å². The normalized spacial score (nSPS) is 10.3. The van der Waals surface area contributed by atoms with E-state index in [4.69, 9.17) is 4.74 Å². The van der Waals surface area contributed by atoms with Crippen LogP contribution in [0.2, 0.25) is 0 Å². The number of ether oxygens (including phenoxy) is 1. The zero-order chi connectivity index (χ0) is 15.2.